The predicted molar refractivity (Wildman–Crippen MR) is 82.1 cm³/mol. The summed E-state index contributed by atoms with van der Waals surface area (Å²) >= 11 is 0. The number of esters is 1. The Morgan fingerprint density at radius 1 is 1.33 bits per heavy atom. The molecule has 0 saturated carbocycles. The lowest BCUT2D eigenvalue weighted by Gasteiger charge is -2.17. The van der Waals surface area contributed by atoms with Gasteiger partial charge in [0.2, 0.25) is 11.2 Å². The number of hydrogen-bond donors (Lipinski definition) is 2. The Morgan fingerprint density at radius 3 is 2.58 bits per heavy atom. The Hall–Kier alpha value is -2.67. The minimum absolute atomic E-state index is 0.0521. The molecule has 1 heterocycles. The van der Waals surface area contributed by atoms with E-state index in [-0.39, 0.29) is 24.5 Å². The first-order valence-electron chi connectivity index (χ1n) is 7.34. The van der Waals surface area contributed by atoms with Crippen LogP contribution < -0.4 is 5.43 Å². The van der Waals surface area contributed by atoms with Gasteiger partial charge in [-0.15, -0.1) is 0 Å². The fraction of sp³-hybridized carbons (Fsp3) is 0.294. The molecule has 1 aromatic carbocycles. The van der Waals surface area contributed by atoms with Crippen molar-refractivity contribution < 1.29 is 28.6 Å². The van der Waals surface area contributed by atoms with Crippen molar-refractivity contribution in [3.8, 4) is 5.75 Å². The number of aliphatic hydroxyl groups excluding tert-OH is 1. The van der Waals surface area contributed by atoms with Crippen LogP contribution in [0.5, 0.6) is 5.75 Å². The van der Waals surface area contributed by atoms with Gasteiger partial charge in [-0.05, 0) is 24.6 Å². The summed E-state index contributed by atoms with van der Waals surface area (Å²) in [4.78, 5) is 23.7. The van der Waals surface area contributed by atoms with Crippen molar-refractivity contribution >= 4 is 5.97 Å². The van der Waals surface area contributed by atoms with Crippen molar-refractivity contribution in [1.29, 1.82) is 0 Å². The number of carbonyl (C=O) groups excluding carboxylic acids is 1. The van der Waals surface area contributed by atoms with Crippen LogP contribution in [0.3, 0.4) is 0 Å². The number of rotatable bonds is 6. The van der Waals surface area contributed by atoms with E-state index in [2.05, 4.69) is 0 Å². The van der Waals surface area contributed by atoms with Crippen molar-refractivity contribution in [2.24, 2.45) is 0 Å². The zero-order valence-electron chi connectivity index (χ0n) is 13.0. The Bertz CT molecular complexity index is 766. The molecule has 0 saturated heterocycles. The monoisotopic (exact) mass is 336 g/mol. The van der Waals surface area contributed by atoms with Gasteiger partial charge in [0.05, 0.1) is 18.9 Å². The topological polar surface area (TPSA) is 97.0 Å². The molecule has 6 nitrogen and oxygen atoms in total. The molecule has 1 aromatic heterocycles. The van der Waals surface area contributed by atoms with Gasteiger partial charge in [-0.2, -0.15) is 0 Å². The summed E-state index contributed by atoms with van der Waals surface area (Å²) in [6.45, 7) is 1.27. The van der Waals surface area contributed by atoms with E-state index >= 15 is 0 Å². The van der Waals surface area contributed by atoms with Crippen LogP contribution in [0.4, 0.5) is 4.39 Å². The summed E-state index contributed by atoms with van der Waals surface area (Å²) in [5, 5.41) is 19.2. The zero-order chi connectivity index (χ0) is 17.7. The van der Waals surface area contributed by atoms with Crippen molar-refractivity contribution in [2.75, 3.05) is 6.61 Å². The molecular formula is C17H17FO6. The third-order valence-electron chi connectivity index (χ3n) is 3.42. The maximum atomic E-state index is 13.2. The molecule has 24 heavy (non-hydrogen) atoms. The number of benzene rings is 1. The molecule has 0 aliphatic rings. The largest absolute Gasteiger partial charge is 0.502 e. The van der Waals surface area contributed by atoms with E-state index in [1.807, 2.05) is 0 Å². The van der Waals surface area contributed by atoms with E-state index in [4.69, 9.17) is 9.15 Å². The van der Waals surface area contributed by atoms with E-state index in [1.54, 1.807) is 6.92 Å². The molecule has 1 atom stereocenters. The molecule has 0 radical (unpaired) electrons. The Labute approximate surface area is 137 Å². The summed E-state index contributed by atoms with van der Waals surface area (Å²) in [6, 6.07) is 6.19. The lowest BCUT2D eigenvalue weighted by atomic mass is 9.92. The molecule has 1 unspecified atom stereocenters. The molecule has 0 amide bonds. The highest BCUT2D eigenvalue weighted by Crippen LogP contribution is 2.33. The highest BCUT2D eigenvalue weighted by atomic mass is 19.1. The Balaban J connectivity index is 2.53. The van der Waals surface area contributed by atoms with Crippen LogP contribution in [-0.2, 0) is 16.1 Å². The third kappa shape index (κ3) is 3.99. The molecule has 0 fully saturated rings. The minimum atomic E-state index is -0.858. The number of aliphatic hydroxyl groups is 1. The fourth-order valence-corrected chi connectivity index (χ4v) is 2.31. The molecule has 0 bridgehead atoms. The normalized spacial score (nSPS) is 12.0. The molecular weight excluding hydrogens is 319 g/mol. The lowest BCUT2D eigenvalue weighted by molar-refractivity contribution is -0.143. The first kappa shape index (κ1) is 17.7. The molecule has 7 heteroatoms. The second kappa shape index (κ2) is 7.74. The van der Waals surface area contributed by atoms with E-state index in [0.717, 1.165) is 6.07 Å². The SMILES string of the molecule is CCOC(=O)CC(c1ccc(F)cc1)c1oc(CO)cc(=O)c1O. The van der Waals surface area contributed by atoms with Crippen LogP contribution >= 0.6 is 0 Å². The van der Waals surface area contributed by atoms with Crippen molar-refractivity contribution in [2.45, 2.75) is 25.9 Å². The van der Waals surface area contributed by atoms with Gasteiger partial charge in [0.1, 0.15) is 18.2 Å². The van der Waals surface area contributed by atoms with Crippen LogP contribution in [0.1, 0.15) is 36.3 Å². The van der Waals surface area contributed by atoms with Gasteiger partial charge in [0.15, 0.2) is 5.76 Å². The first-order valence-corrected chi connectivity index (χ1v) is 7.34. The van der Waals surface area contributed by atoms with E-state index in [0.29, 0.717) is 5.56 Å². The molecule has 0 spiro atoms. The number of hydrogen-bond acceptors (Lipinski definition) is 6. The van der Waals surface area contributed by atoms with Crippen LogP contribution in [-0.4, -0.2) is 22.8 Å². The van der Waals surface area contributed by atoms with Crippen molar-refractivity contribution in [3.63, 3.8) is 0 Å². The van der Waals surface area contributed by atoms with Gasteiger partial charge < -0.3 is 19.4 Å². The van der Waals surface area contributed by atoms with E-state index in [1.165, 1.54) is 24.3 Å². The average Bonchev–Trinajstić information content (AvgIpc) is 2.56. The van der Waals surface area contributed by atoms with Crippen LogP contribution in [0.25, 0.3) is 0 Å². The number of carbonyl (C=O) groups is 1. The summed E-state index contributed by atoms with van der Waals surface area (Å²) in [7, 11) is 0. The fourth-order valence-electron chi connectivity index (χ4n) is 2.31. The van der Waals surface area contributed by atoms with Gasteiger partial charge >= 0.3 is 5.97 Å². The molecule has 128 valence electrons. The maximum Gasteiger partial charge on any atom is 0.306 e. The van der Waals surface area contributed by atoms with Gasteiger partial charge in [0.25, 0.3) is 0 Å². The highest BCUT2D eigenvalue weighted by Gasteiger charge is 2.26. The van der Waals surface area contributed by atoms with Gasteiger partial charge in [0, 0.05) is 6.07 Å². The number of ether oxygens (including phenoxy) is 1. The molecule has 2 aromatic rings. The van der Waals surface area contributed by atoms with Crippen LogP contribution in [0, 0.1) is 5.82 Å². The standard InChI is InChI=1S/C17H17FO6/c1-2-23-15(21)8-13(10-3-5-11(18)6-4-10)17-16(22)14(20)7-12(9-19)24-17/h3-7,13,19,22H,2,8-9H2,1H3. The second-order valence-corrected chi connectivity index (χ2v) is 5.06. The van der Waals surface area contributed by atoms with Crippen molar-refractivity contribution in [1.82, 2.24) is 0 Å². The average molecular weight is 336 g/mol. The Morgan fingerprint density at radius 2 is 2.00 bits per heavy atom. The first-order chi connectivity index (χ1) is 11.5. The predicted octanol–water partition coefficient (Wildman–Crippen LogP) is 2.06. The van der Waals surface area contributed by atoms with E-state index in [9.17, 15) is 24.2 Å². The van der Waals surface area contributed by atoms with Gasteiger partial charge in [-0.3, -0.25) is 9.59 Å². The minimum Gasteiger partial charge on any atom is -0.502 e. The summed E-state index contributed by atoms with van der Waals surface area (Å²) in [5.41, 5.74) is -0.283. The molecule has 0 aliphatic carbocycles. The quantitative estimate of drug-likeness (QED) is 0.784. The van der Waals surface area contributed by atoms with Crippen molar-refractivity contribution in [3.05, 3.63) is 63.5 Å². The lowest BCUT2D eigenvalue weighted by Crippen LogP contribution is -2.15. The van der Waals surface area contributed by atoms with E-state index < -0.39 is 35.5 Å². The summed E-state index contributed by atoms with van der Waals surface area (Å²) in [5.74, 6) is -2.78. The molecule has 2 N–H and O–H groups in total. The second-order valence-electron chi connectivity index (χ2n) is 5.06. The van der Waals surface area contributed by atoms with Gasteiger partial charge in [-0.1, -0.05) is 12.1 Å². The van der Waals surface area contributed by atoms with Crippen LogP contribution in [0.2, 0.25) is 0 Å². The Kier molecular flexibility index (Phi) is 5.70. The third-order valence-corrected chi connectivity index (χ3v) is 3.42. The summed E-state index contributed by atoms with van der Waals surface area (Å²) in [6.07, 6.45) is -0.217. The maximum absolute atomic E-state index is 13.2. The number of aromatic hydroxyl groups is 1. The highest BCUT2D eigenvalue weighted by molar-refractivity contribution is 5.71. The van der Waals surface area contributed by atoms with Gasteiger partial charge in [-0.25, -0.2) is 4.39 Å². The number of halogens is 1. The molecule has 2 rings (SSSR count). The molecule has 0 aliphatic heterocycles. The summed E-state index contributed by atoms with van der Waals surface area (Å²) < 4.78 is 23.4. The smallest absolute Gasteiger partial charge is 0.306 e. The van der Waals surface area contributed by atoms with Crippen LogP contribution in [0.15, 0.2) is 39.5 Å². The zero-order valence-corrected chi connectivity index (χ0v) is 13.0.